The van der Waals surface area contributed by atoms with Crippen LogP contribution >= 0.6 is 0 Å². The van der Waals surface area contributed by atoms with E-state index in [4.69, 9.17) is 0 Å². The summed E-state index contributed by atoms with van der Waals surface area (Å²) in [6.07, 6.45) is 1.79. The van der Waals surface area contributed by atoms with Crippen LogP contribution in [0, 0.1) is 0 Å². The SMILES string of the molecule is C=CCN1CNC(=O)C1. The zero-order chi connectivity index (χ0) is 6.69. The molecule has 0 radical (unpaired) electrons. The molecule has 0 aliphatic carbocycles. The van der Waals surface area contributed by atoms with Crippen LogP contribution in [-0.4, -0.2) is 30.6 Å². The fraction of sp³-hybridized carbons (Fsp3) is 0.500. The van der Waals surface area contributed by atoms with E-state index >= 15 is 0 Å². The van der Waals surface area contributed by atoms with Crippen LogP contribution in [-0.2, 0) is 4.79 Å². The molecule has 0 bridgehead atoms. The maximum atomic E-state index is 10.5. The van der Waals surface area contributed by atoms with Crippen LogP contribution in [0.15, 0.2) is 12.7 Å². The third kappa shape index (κ3) is 1.54. The molecule has 1 N–H and O–H groups in total. The van der Waals surface area contributed by atoms with Crippen LogP contribution in [0.4, 0.5) is 0 Å². The van der Waals surface area contributed by atoms with Crippen molar-refractivity contribution in [2.75, 3.05) is 19.8 Å². The van der Waals surface area contributed by atoms with Gasteiger partial charge in [-0.1, -0.05) is 6.08 Å². The Morgan fingerprint density at radius 3 is 3.11 bits per heavy atom. The summed E-state index contributed by atoms with van der Waals surface area (Å²) in [5.41, 5.74) is 0. The van der Waals surface area contributed by atoms with Crippen molar-refractivity contribution in [3.63, 3.8) is 0 Å². The van der Waals surface area contributed by atoms with Crippen molar-refractivity contribution in [3.05, 3.63) is 12.7 Å². The van der Waals surface area contributed by atoms with E-state index < -0.39 is 0 Å². The lowest BCUT2D eigenvalue weighted by Gasteiger charge is -2.06. The maximum Gasteiger partial charge on any atom is 0.235 e. The molecule has 0 unspecified atom stereocenters. The lowest BCUT2D eigenvalue weighted by atomic mass is 10.5. The Hall–Kier alpha value is -0.830. The Balaban J connectivity index is 2.29. The van der Waals surface area contributed by atoms with Gasteiger partial charge in [0.1, 0.15) is 0 Å². The van der Waals surface area contributed by atoms with Crippen molar-refractivity contribution in [2.24, 2.45) is 0 Å². The Labute approximate surface area is 54.3 Å². The van der Waals surface area contributed by atoms with Gasteiger partial charge in [0.05, 0.1) is 13.2 Å². The number of hydrogen-bond acceptors (Lipinski definition) is 2. The first-order valence-electron chi connectivity index (χ1n) is 2.93. The molecule has 0 aromatic carbocycles. The molecule has 3 nitrogen and oxygen atoms in total. The van der Waals surface area contributed by atoms with Crippen LogP contribution < -0.4 is 5.32 Å². The predicted molar refractivity (Wildman–Crippen MR) is 34.8 cm³/mol. The molecule has 1 saturated heterocycles. The van der Waals surface area contributed by atoms with Crippen LogP contribution in [0.3, 0.4) is 0 Å². The second-order valence-electron chi connectivity index (χ2n) is 2.06. The van der Waals surface area contributed by atoms with E-state index in [0.29, 0.717) is 13.2 Å². The molecule has 0 spiro atoms. The zero-order valence-corrected chi connectivity index (χ0v) is 5.26. The zero-order valence-electron chi connectivity index (χ0n) is 5.26. The first-order valence-corrected chi connectivity index (χ1v) is 2.93. The molecule has 1 heterocycles. The van der Waals surface area contributed by atoms with Crippen LogP contribution in [0.2, 0.25) is 0 Å². The molecule has 50 valence electrons. The molecule has 9 heavy (non-hydrogen) atoms. The molecule has 1 amide bonds. The summed E-state index contributed by atoms with van der Waals surface area (Å²) < 4.78 is 0. The van der Waals surface area contributed by atoms with Crippen LogP contribution in [0.25, 0.3) is 0 Å². The highest BCUT2D eigenvalue weighted by molar-refractivity contribution is 5.79. The third-order valence-electron chi connectivity index (χ3n) is 1.25. The number of carbonyl (C=O) groups excluding carboxylic acids is 1. The van der Waals surface area contributed by atoms with Gasteiger partial charge in [-0.15, -0.1) is 6.58 Å². The Kier molecular flexibility index (Phi) is 1.85. The fourth-order valence-electron chi connectivity index (χ4n) is 0.827. The van der Waals surface area contributed by atoms with Gasteiger partial charge in [0, 0.05) is 6.54 Å². The molecule has 1 aliphatic heterocycles. The smallest absolute Gasteiger partial charge is 0.235 e. The van der Waals surface area contributed by atoms with Crippen molar-refractivity contribution in [3.8, 4) is 0 Å². The van der Waals surface area contributed by atoms with E-state index in [1.807, 2.05) is 4.90 Å². The fourth-order valence-corrected chi connectivity index (χ4v) is 0.827. The Morgan fingerprint density at radius 2 is 2.67 bits per heavy atom. The number of amides is 1. The normalized spacial score (nSPS) is 19.8. The summed E-state index contributed by atoms with van der Waals surface area (Å²) >= 11 is 0. The molecule has 0 aromatic heterocycles. The van der Waals surface area contributed by atoms with E-state index in [0.717, 1.165) is 6.54 Å². The lowest BCUT2D eigenvalue weighted by Crippen LogP contribution is -2.21. The first kappa shape index (κ1) is 6.29. The number of carbonyl (C=O) groups is 1. The maximum absolute atomic E-state index is 10.5. The quantitative estimate of drug-likeness (QED) is 0.509. The first-order chi connectivity index (χ1) is 4.33. The van der Waals surface area contributed by atoms with E-state index in [1.165, 1.54) is 0 Å². The van der Waals surface area contributed by atoms with Gasteiger partial charge in [-0.05, 0) is 0 Å². The average Bonchev–Trinajstić information content (AvgIpc) is 2.17. The standard InChI is InChI=1S/C6H10N2O/c1-2-3-8-4-6(9)7-5-8/h2H,1,3-5H2,(H,7,9). The van der Waals surface area contributed by atoms with E-state index in [-0.39, 0.29) is 5.91 Å². The van der Waals surface area contributed by atoms with Crippen molar-refractivity contribution in [1.29, 1.82) is 0 Å². The summed E-state index contributed by atoms with van der Waals surface area (Å²) in [6.45, 7) is 5.55. The Bertz CT molecular complexity index is 133. The van der Waals surface area contributed by atoms with Crippen LogP contribution in [0.1, 0.15) is 0 Å². The number of nitrogens with zero attached hydrogens (tertiary/aromatic N) is 1. The summed E-state index contributed by atoms with van der Waals surface area (Å²) in [7, 11) is 0. The van der Waals surface area contributed by atoms with Crippen molar-refractivity contribution in [2.45, 2.75) is 0 Å². The predicted octanol–water partition coefficient (Wildman–Crippen LogP) is -0.438. The average molecular weight is 126 g/mol. The molecular formula is C6H10N2O. The second-order valence-corrected chi connectivity index (χ2v) is 2.06. The molecule has 0 atom stereocenters. The van der Waals surface area contributed by atoms with E-state index in [1.54, 1.807) is 6.08 Å². The topological polar surface area (TPSA) is 32.3 Å². The van der Waals surface area contributed by atoms with Gasteiger partial charge >= 0.3 is 0 Å². The van der Waals surface area contributed by atoms with E-state index in [2.05, 4.69) is 11.9 Å². The Morgan fingerprint density at radius 1 is 1.89 bits per heavy atom. The van der Waals surface area contributed by atoms with Crippen molar-refractivity contribution >= 4 is 5.91 Å². The monoisotopic (exact) mass is 126 g/mol. The molecular weight excluding hydrogens is 116 g/mol. The van der Waals surface area contributed by atoms with Crippen molar-refractivity contribution < 1.29 is 4.79 Å². The third-order valence-corrected chi connectivity index (χ3v) is 1.25. The summed E-state index contributed by atoms with van der Waals surface area (Å²) in [5, 5.41) is 2.69. The van der Waals surface area contributed by atoms with Crippen LogP contribution in [0.5, 0.6) is 0 Å². The second kappa shape index (κ2) is 2.64. The molecule has 3 heteroatoms. The summed E-state index contributed by atoms with van der Waals surface area (Å²) in [4.78, 5) is 12.5. The largest absolute Gasteiger partial charge is 0.342 e. The highest BCUT2D eigenvalue weighted by Gasteiger charge is 2.15. The minimum Gasteiger partial charge on any atom is -0.342 e. The molecule has 1 fully saturated rings. The van der Waals surface area contributed by atoms with Gasteiger partial charge in [-0.2, -0.15) is 0 Å². The molecule has 1 rings (SSSR count). The summed E-state index contributed by atoms with van der Waals surface area (Å²) in [5.74, 6) is 0.108. The highest BCUT2D eigenvalue weighted by Crippen LogP contribution is 1.91. The minimum absolute atomic E-state index is 0.108. The minimum atomic E-state index is 0.108. The highest BCUT2D eigenvalue weighted by atomic mass is 16.2. The molecule has 0 aromatic rings. The van der Waals surface area contributed by atoms with Crippen molar-refractivity contribution in [1.82, 2.24) is 10.2 Å². The molecule has 0 saturated carbocycles. The van der Waals surface area contributed by atoms with Gasteiger partial charge < -0.3 is 5.32 Å². The molecule has 1 aliphatic rings. The summed E-state index contributed by atoms with van der Waals surface area (Å²) in [6, 6.07) is 0. The number of nitrogens with one attached hydrogen (secondary N) is 1. The van der Waals surface area contributed by atoms with Gasteiger partial charge in [0.2, 0.25) is 5.91 Å². The number of rotatable bonds is 2. The lowest BCUT2D eigenvalue weighted by molar-refractivity contribution is -0.118. The van der Waals surface area contributed by atoms with Gasteiger partial charge in [-0.25, -0.2) is 0 Å². The van der Waals surface area contributed by atoms with Gasteiger partial charge in [-0.3, -0.25) is 9.69 Å². The van der Waals surface area contributed by atoms with E-state index in [9.17, 15) is 4.79 Å². The van der Waals surface area contributed by atoms with Gasteiger partial charge in [0.15, 0.2) is 0 Å². The van der Waals surface area contributed by atoms with Gasteiger partial charge in [0.25, 0.3) is 0 Å². The number of hydrogen-bond donors (Lipinski definition) is 1.